The maximum absolute atomic E-state index is 10.1. The van der Waals surface area contributed by atoms with Crippen molar-refractivity contribution in [2.45, 2.75) is 0 Å². The first kappa shape index (κ1) is 14.4. The Kier molecular flexibility index (Phi) is 8.31. The van der Waals surface area contributed by atoms with Crippen molar-refractivity contribution in [1.29, 1.82) is 0 Å². The molecule has 2 N–H and O–H groups in total. The molecular weight excluding hydrogens is 194 g/mol. The zero-order valence-electron chi connectivity index (χ0n) is 7.39. The largest absolute Gasteiger partial charge is 0.366 e. The first-order valence-corrected chi connectivity index (χ1v) is 5.02. The van der Waals surface area contributed by atoms with E-state index in [2.05, 4.69) is 23.1 Å². The molecular formula is C7H13NO4S. The topological polar surface area (TPSA) is 86.5 Å². The van der Waals surface area contributed by atoms with E-state index >= 15 is 0 Å². The van der Waals surface area contributed by atoms with Gasteiger partial charge in [-0.15, -0.1) is 6.58 Å². The monoisotopic (exact) mass is 207 g/mol. The minimum absolute atomic E-state index is 0.0544. The van der Waals surface area contributed by atoms with E-state index in [1.165, 1.54) is 6.08 Å². The molecule has 0 spiro atoms. The fraction of sp³-hybridized carbons (Fsp3) is 0.286. The van der Waals surface area contributed by atoms with Gasteiger partial charge in [-0.05, 0) is 6.08 Å². The molecule has 0 bridgehead atoms. The molecule has 0 rings (SSSR count). The smallest absolute Gasteiger partial charge is 0.264 e. The average Bonchev–Trinajstić information content (AvgIpc) is 2.00. The minimum Gasteiger partial charge on any atom is -0.366 e. The number of carbonyl (C=O) groups excluding carboxylic acids is 1. The Bertz CT molecular complexity index is 268. The summed E-state index contributed by atoms with van der Waals surface area (Å²) in [6.45, 7) is 6.41. The summed E-state index contributed by atoms with van der Waals surface area (Å²) in [4.78, 5) is 9.47. The van der Waals surface area contributed by atoms with Crippen LogP contribution in [0.5, 0.6) is 0 Å². The number of hydrogen-bond donors (Lipinski definition) is 1. The summed E-state index contributed by atoms with van der Waals surface area (Å²) in [5.74, 6) is -0.481. The van der Waals surface area contributed by atoms with Crippen LogP contribution in [0.1, 0.15) is 0 Å². The Labute approximate surface area is 78.0 Å². The molecule has 0 fully saturated rings. The summed E-state index contributed by atoms with van der Waals surface area (Å²) in [6, 6.07) is 0. The van der Waals surface area contributed by atoms with Gasteiger partial charge in [-0.25, -0.2) is 0 Å². The van der Waals surface area contributed by atoms with Crippen molar-refractivity contribution in [2.24, 2.45) is 5.73 Å². The summed E-state index contributed by atoms with van der Waals surface area (Å²) in [6.07, 6.45) is 3.43. The predicted molar refractivity (Wildman–Crippen MR) is 50.4 cm³/mol. The van der Waals surface area contributed by atoms with Crippen molar-refractivity contribution in [3.63, 3.8) is 0 Å². The van der Waals surface area contributed by atoms with Gasteiger partial charge in [0.2, 0.25) is 5.91 Å². The van der Waals surface area contributed by atoms with Crippen molar-refractivity contribution in [1.82, 2.24) is 0 Å². The maximum Gasteiger partial charge on any atom is 0.264 e. The lowest BCUT2D eigenvalue weighted by molar-refractivity contribution is -0.113. The van der Waals surface area contributed by atoms with Gasteiger partial charge >= 0.3 is 0 Å². The Morgan fingerprint density at radius 3 is 2.00 bits per heavy atom. The van der Waals surface area contributed by atoms with E-state index < -0.39 is 16.0 Å². The molecule has 5 nitrogen and oxygen atoms in total. The highest BCUT2D eigenvalue weighted by molar-refractivity contribution is 7.85. The Balaban J connectivity index is 0. The third-order valence-electron chi connectivity index (χ3n) is 0.601. The van der Waals surface area contributed by atoms with Crippen LogP contribution in [-0.4, -0.2) is 27.2 Å². The lowest BCUT2D eigenvalue weighted by Gasteiger charge is -1.91. The molecule has 0 unspecified atom stereocenters. The van der Waals surface area contributed by atoms with Crippen LogP contribution in [0.15, 0.2) is 25.3 Å². The molecule has 0 aromatic heterocycles. The van der Waals surface area contributed by atoms with Crippen LogP contribution in [0, 0.1) is 0 Å². The fourth-order valence-electron chi connectivity index (χ4n) is 0.172. The third-order valence-corrected chi connectivity index (χ3v) is 1.17. The Morgan fingerprint density at radius 2 is 1.92 bits per heavy atom. The van der Waals surface area contributed by atoms with Gasteiger partial charge in [0.05, 0.1) is 12.9 Å². The lowest BCUT2D eigenvalue weighted by atomic mass is 10.6. The number of primary amides is 1. The minimum atomic E-state index is -3.26. The molecule has 0 saturated heterocycles. The number of carbonyl (C=O) groups is 1. The number of nitrogens with two attached hydrogens (primary N) is 1. The quantitative estimate of drug-likeness (QED) is 0.393. The standard InChI is InChI=1S/C4H8O3S.C3H5NO/c1-3-4-7-8(2,5)6;1-2-3(4)5/h3H,1,4H2,2H3;2H,1H2,(H2,4,5). The first-order valence-electron chi connectivity index (χ1n) is 3.20. The van der Waals surface area contributed by atoms with Gasteiger partial charge in [-0.2, -0.15) is 8.42 Å². The predicted octanol–water partition coefficient (Wildman–Crippen LogP) is -0.194. The van der Waals surface area contributed by atoms with Gasteiger partial charge in [0, 0.05) is 0 Å². The van der Waals surface area contributed by atoms with E-state index in [1.807, 2.05) is 0 Å². The van der Waals surface area contributed by atoms with Crippen LogP contribution in [0.25, 0.3) is 0 Å². The fourth-order valence-corrected chi connectivity index (χ4v) is 0.515. The van der Waals surface area contributed by atoms with Gasteiger partial charge < -0.3 is 5.73 Å². The molecule has 0 aliphatic rings. The van der Waals surface area contributed by atoms with Gasteiger partial charge in [-0.3, -0.25) is 8.98 Å². The molecule has 6 heteroatoms. The summed E-state index contributed by atoms with van der Waals surface area (Å²) >= 11 is 0. The summed E-state index contributed by atoms with van der Waals surface area (Å²) in [5, 5.41) is 0. The highest BCUT2D eigenvalue weighted by Crippen LogP contribution is 1.83. The van der Waals surface area contributed by atoms with E-state index in [1.54, 1.807) is 0 Å². The van der Waals surface area contributed by atoms with Crippen LogP contribution in [0.4, 0.5) is 0 Å². The highest BCUT2D eigenvalue weighted by Gasteiger charge is 1.95. The van der Waals surface area contributed by atoms with Crippen LogP contribution in [0.2, 0.25) is 0 Å². The molecule has 0 aromatic rings. The number of amides is 1. The van der Waals surface area contributed by atoms with Crippen molar-refractivity contribution in [3.8, 4) is 0 Å². The van der Waals surface area contributed by atoms with Gasteiger partial charge in [0.15, 0.2) is 0 Å². The zero-order chi connectivity index (χ0) is 10.9. The zero-order valence-corrected chi connectivity index (χ0v) is 8.21. The highest BCUT2D eigenvalue weighted by atomic mass is 32.2. The van der Waals surface area contributed by atoms with E-state index in [0.717, 1.165) is 12.3 Å². The molecule has 1 amide bonds. The number of rotatable bonds is 4. The van der Waals surface area contributed by atoms with Gasteiger partial charge in [0.25, 0.3) is 10.1 Å². The second-order valence-electron chi connectivity index (χ2n) is 1.88. The molecule has 0 heterocycles. The molecule has 76 valence electrons. The van der Waals surface area contributed by atoms with Gasteiger partial charge in [-0.1, -0.05) is 12.7 Å². The average molecular weight is 207 g/mol. The SMILES string of the molecule is C=CC(N)=O.C=CCOS(C)(=O)=O. The molecule has 0 atom stereocenters. The van der Waals surface area contributed by atoms with Crippen molar-refractivity contribution in [2.75, 3.05) is 12.9 Å². The van der Waals surface area contributed by atoms with Crippen LogP contribution < -0.4 is 5.73 Å². The van der Waals surface area contributed by atoms with Crippen molar-refractivity contribution in [3.05, 3.63) is 25.3 Å². The van der Waals surface area contributed by atoms with Crippen molar-refractivity contribution < 1.29 is 17.4 Å². The molecule has 0 radical (unpaired) electrons. The Hall–Kier alpha value is -1.14. The van der Waals surface area contributed by atoms with Crippen LogP contribution in [0.3, 0.4) is 0 Å². The van der Waals surface area contributed by atoms with Crippen LogP contribution in [-0.2, 0) is 19.1 Å². The number of hydrogen-bond acceptors (Lipinski definition) is 4. The third kappa shape index (κ3) is 24.8. The van der Waals surface area contributed by atoms with Crippen molar-refractivity contribution >= 4 is 16.0 Å². The normalized spacial score (nSPS) is 9.31. The van der Waals surface area contributed by atoms with E-state index in [-0.39, 0.29) is 6.61 Å². The second-order valence-corrected chi connectivity index (χ2v) is 3.53. The molecule has 0 aliphatic carbocycles. The summed E-state index contributed by atoms with van der Waals surface area (Å²) in [5.41, 5.74) is 4.53. The molecule has 0 aromatic carbocycles. The van der Waals surface area contributed by atoms with E-state index in [9.17, 15) is 13.2 Å². The van der Waals surface area contributed by atoms with E-state index in [0.29, 0.717) is 0 Å². The molecule has 0 aliphatic heterocycles. The maximum atomic E-state index is 10.1. The van der Waals surface area contributed by atoms with E-state index in [4.69, 9.17) is 0 Å². The summed E-state index contributed by atoms with van der Waals surface area (Å²) < 4.78 is 24.5. The summed E-state index contributed by atoms with van der Waals surface area (Å²) in [7, 11) is -3.26. The first-order chi connectivity index (χ1) is 5.83. The lowest BCUT2D eigenvalue weighted by Crippen LogP contribution is -2.04. The second kappa shape index (κ2) is 7.51. The van der Waals surface area contributed by atoms with Crippen LogP contribution >= 0.6 is 0 Å². The molecule has 13 heavy (non-hydrogen) atoms. The molecule has 0 saturated carbocycles. The Morgan fingerprint density at radius 1 is 1.54 bits per heavy atom. The van der Waals surface area contributed by atoms with Gasteiger partial charge in [0.1, 0.15) is 0 Å².